The molecule has 1 atom stereocenters. The third-order valence-electron chi connectivity index (χ3n) is 6.25. The van der Waals surface area contributed by atoms with Crippen LogP contribution in [0.25, 0.3) is 0 Å². The van der Waals surface area contributed by atoms with Gasteiger partial charge in [-0.05, 0) is 50.6 Å². The van der Waals surface area contributed by atoms with Crippen molar-refractivity contribution in [3.05, 3.63) is 29.8 Å². The smallest absolute Gasteiger partial charge is 0.191 e. The summed E-state index contributed by atoms with van der Waals surface area (Å²) in [7, 11) is 3.49. The van der Waals surface area contributed by atoms with Gasteiger partial charge < -0.3 is 24.8 Å². The first-order chi connectivity index (χ1) is 14.7. The van der Waals surface area contributed by atoms with Crippen LogP contribution >= 0.6 is 24.0 Å². The molecule has 2 N–H and O–H groups in total. The number of rotatable bonds is 9. The molecular formula is C23H39IN4O3. The van der Waals surface area contributed by atoms with Crippen molar-refractivity contribution in [3.63, 3.8) is 0 Å². The van der Waals surface area contributed by atoms with Gasteiger partial charge in [0.15, 0.2) is 5.96 Å². The minimum absolute atomic E-state index is 0. The SMILES string of the molecule is CCNC(=NCC1(OC)CCOCC1)NCC(c1ccc(OC)cc1)N1CCCC1.I. The Hall–Kier alpha value is -1.10. The first-order valence-electron chi connectivity index (χ1n) is 11.2. The lowest BCUT2D eigenvalue weighted by molar-refractivity contribution is -0.0828. The minimum atomic E-state index is -0.217. The third-order valence-corrected chi connectivity index (χ3v) is 6.25. The fraction of sp³-hybridized carbons (Fsp3) is 0.696. The second kappa shape index (κ2) is 13.4. The van der Waals surface area contributed by atoms with E-state index in [0.717, 1.165) is 63.9 Å². The molecule has 1 unspecified atom stereocenters. The summed E-state index contributed by atoms with van der Waals surface area (Å²) in [6.07, 6.45) is 4.29. The summed E-state index contributed by atoms with van der Waals surface area (Å²) in [6.45, 7) is 8.12. The minimum Gasteiger partial charge on any atom is -0.497 e. The van der Waals surface area contributed by atoms with E-state index < -0.39 is 0 Å². The summed E-state index contributed by atoms with van der Waals surface area (Å²) in [5.74, 6) is 1.74. The molecule has 8 heteroatoms. The molecule has 7 nitrogen and oxygen atoms in total. The number of likely N-dealkylation sites (tertiary alicyclic amines) is 1. The van der Waals surface area contributed by atoms with Crippen molar-refractivity contribution in [1.82, 2.24) is 15.5 Å². The van der Waals surface area contributed by atoms with Crippen LogP contribution in [0.15, 0.2) is 29.3 Å². The van der Waals surface area contributed by atoms with E-state index in [-0.39, 0.29) is 29.6 Å². The van der Waals surface area contributed by atoms with Crippen LogP contribution in [0.4, 0.5) is 0 Å². The molecule has 0 amide bonds. The summed E-state index contributed by atoms with van der Waals surface area (Å²) in [5.41, 5.74) is 1.09. The van der Waals surface area contributed by atoms with Crippen LogP contribution in [0, 0.1) is 0 Å². The molecule has 2 heterocycles. The first kappa shape index (κ1) is 26.2. The van der Waals surface area contributed by atoms with E-state index in [1.165, 1.54) is 18.4 Å². The topological polar surface area (TPSA) is 67.4 Å². The summed E-state index contributed by atoms with van der Waals surface area (Å²) >= 11 is 0. The van der Waals surface area contributed by atoms with Crippen LogP contribution in [-0.2, 0) is 9.47 Å². The van der Waals surface area contributed by atoms with E-state index in [0.29, 0.717) is 12.6 Å². The highest BCUT2D eigenvalue weighted by atomic mass is 127. The van der Waals surface area contributed by atoms with Gasteiger partial charge >= 0.3 is 0 Å². The maximum atomic E-state index is 5.84. The van der Waals surface area contributed by atoms with Crippen molar-refractivity contribution in [1.29, 1.82) is 0 Å². The lowest BCUT2D eigenvalue weighted by Crippen LogP contribution is -2.45. The number of nitrogens with zero attached hydrogens (tertiary/aromatic N) is 2. The quantitative estimate of drug-likeness (QED) is 0.282. The average molecular weight is 546 g/mol. The van der Waals surface area contributed by atoms with E-state index in [4.69, 9.17) is 19.2 Å². The fourth-order valence-electron chi connectivity index (χ4n) is 4.27. The zero-order chi connectivity index (χ0) is 21.2. The Kier molecular flexibility index (Phi) is 11.3. The number of hydrogen-bond donors (Lipinski definition) is 2. The molecule has 0 radical (unpaired) electrons. The van der Waals surface area contributed by atoms with Crippen LogP contribution < -0.4 is 15.4 Å². The lowest BCUT2D eigenvalue weighted by atomic mass is 9.94. The Labute approximate surface area is 204 Å². The number of halogens is 1. The molecule has 2 aliphatic heterocycles. The van der Waals surface area contributed by atoms with Crippen LogP contribution in [0.5, 0.6) is 5.75 Å². The largest absolute Gasteiger partial charge is 0.497 e. The second-order valence-corrected chi connectivity index (χ2v) is 8.11. The predicted octanol–water partition coefficient (Wildman–Crippen LogP) is 3.20. The van der Waals surface area contributed by atoms with E-state index in [1.54, 1.807) is 14.2 Å². The van der Waals surface area contributed by atoms with Crippen molar-refractivity contribution in [2.45, 2.75) is 44.2 Å². The molecule has 176 valence electrons. The Morgan fingerprint density at radius 1 is 1.13 bits per heavy atom. The monoisotopic (exact) mass is 546 g/mol. The number of benzene rings is 1. The molecular weight excluding hydrogens is 507 g/mol. The van der Waals surface area contributed by atoms with E-state index >= 15 is 0 Å². The summed E-state index contributed by atoms with van der Waals surface area (Å²) in [4.78, 5) is 7.44. The Balaban J connectivity index is 0.00000341. The molecule has 0 saturated carbocycles. The average Bonchev–Trinajstić information content (AvgIpc) is 3.33. The molecule has 0 aromatic heterocycles. The van der Waals surface area contributed by atoms with Crippen molar-refractivity contribution in [2.24, 2.45) is 4.99 Å². The van der Waals surface area contributed by atoms with Gasteiger partial charge in [-0.2, -0.15) is 0 Å². The van der Waals surface area contributed by atoms with Crippen molar-refractivity contribution < 1.29 is 14.2 Å². The summed E-state index contributed by atoms with van der Waals surface area (Å²) < 4.78 is 16.7. The van der Waals surface area contributed by atoms with E-state index in [2.05, 4.69) is 34.6 Å². The summed E-state index contributed by atoms with van der Waals surface area (Å²) in [5, 5.41) is 6.98. The molecule has 1 aromatic carbocycles. The maximum absolute atomic E-state index is 5.84. The Morgan fingerprint density at radius 2 is 1.81 bits per heavy atom. The number of methoxy groups -OCH3 is 2. The second-order valence-electron chi connectivity index (χ2n) is 8.11. The van der Waals surface area contributed by atoms with Gasteiger partial charge in [0.25, 0.3) is 0 Å². The number of hydrogen-bond acceptors (Lipinski definition) is 5. The molecule has 2 fully saturated rings. The van der Waals surface area contributed by atoms with Gasteiger partial charge in [0, 0.05) is 46.3 Å². The summed E-state index contributed by atoms with van der Waals surface area (Å²) in [6, 6.07) is 8.75. The van der Waals surface area contributed by atoms with Gasteiger partial charge in [0.05, 0.1) is 25.3 Å². The van der Waals surface area contributed by atoms with Crippen molar-refractivity contribution in [3.8, 4) is 5.75 Å². The van der Waals surface area contributed by atoms with E-state index in [1.807, 2.05) is 12.1 Å². The van der Waals surface area contributed by atoms with Gasteiger partial charge in [-0.3, -0.25) is 9.89 Å². The number of nitrogens with one attached hydrogen (secondary N) is 2. The molecule has 0 spiro atoms. The highest BCUT2D eigenvalue weighted by molar-refractivity contribution is 14.0. The predicted molar refractivity (Wildman–Crippen MR) is 136 cm³/mol. The van der Waals surface area contributed by atoms with Crippen LogP contribution in [-0.4, -0.2) is 76.6 Å². The molecule has 31 heavy (non-hydrogen) atoms. The highest BCUT2D eigenvalue weighted by Gasteiger charge is 2.32. The first-order valence-corrected chi connectivity index (χ1v) is 11.2. The highest BCUT2D eigenvalue weighted by Crippen LogP contribution is 2.27. The normalized spacial score (nSPS) is 20.0. The molecule has 2 aliphatic rings. The molecule has 1 aromatic rings. The van der Waals surface area contributed by atoms with Gasteiger partial charge in [0.2, 0.25) is 0 Å². The number of ether oxygens (including phenoxy) is 3. The van der Waals surface area contributed by atoms with Crippen molar-refractivity contribution in [2.75, 3.05) is 60.2 Å². The number of aliphatic imine (C=N–C) groups is 1. The molecule has 0 aliphatic carbocycles. The van der Waals surface area contributed by atoms with Gasteiger partial charge in [-0.1, -0.05) is 12.1 Å². The van der Waals surface area contributed by atoms with E-state index in [9.17, 15) is 0 Å². The molecule has 2 saturated heterocycles. The third kappa shape index (κ3) is 7.47. The van der Waals surface area contributed by atoms with Crippen LogP contribution in [0.1, 0.15) is 44.2 Å². The molecule has 3 rings (SSSR count). The standard InChI is InChI=1S/C23H38N4O3.HI/c1-4-24-22(26-18-23(29-3)11-15-30-16-12-23)25-17-21(27-13-5-6-14-27)19-7-9-20(28-2)10-8-19;/h7-10,21H,4-6,11-18H2,1-3H3,(H2,24,25,26);1H. The Morgan fingerprint density at radius 3 is 2.39 bits per heavy atom. The van der Waals surface area contributed by atoms with Crippen LogP contribution in [0.2, 0.25) is 0 Å². The molecule has 0 bridgehead atoms. The van der Waals surface area contributed by atoms with Gasteiger partial charge in [-0.15, -0.1) is 24.0 Å². The zero-order valence-corrected chi connectivity index (χ0v) is 21.5. The van der Waals surface area contributed by atoms with Gasteiger partial charge in [0.1, 0.15) is 5.75 Å². The van der Waals surface area contributed by atoms with Gasteiger partial charge in [-0.25, -0.2) is 0 Å². The Bertz CT molecular complexity index is 659. The number of guanidine groups is 1. The fourth-order valence-corrected chi connectivity index (χ4v) is 4.27. The van der Waals surface area contributed by atoms with Crippen LogP contribution in [0.3, 0.4) is 0 Å². The maximum Gasteiger partial charge on any atom is 0.191 e. The zero-order valence-electron chi connectivity index (χ0n) is 19.2. The van der Waals surface area contributed by atoms with Crippen molar-refractivity contribution >= 4 is 29.9 Å². The lowest BCUT2D eigenvalue weighted by Gasteiger charge is -2.34.